The molecule has 2 N–H and O–H groups in total. The average Bonchev–Trinajstić information content (AvgIpc) is 2.17. The molecule has 3 heteroatoms. The fraction of sp³-hybridized carbons (Fsp3) is 1.00. The van der Waals surface area contributed by atoms with Crippen molar-refractivity contribution in [3.05, 3.63) is 0 Å². The molecule has 2 unspecified atom stereocenters. The van der Waals surface area contributed by atoms with Gasteiger partial charge in [0.15, 0.2) is 0 Å². The number of nitrogens with two attached hydrogens (primary N) is 1. The Morgan fingerprint density at radius 3 is 3.00 bits per heavy atom. The molecular weight excluding hydrogens is 166 g/mol. The summed E-state index contributed by atoms with van der Waals surface area (Å²) in [4.78, 5) is 0. The molecule has 0 amide bonds. The zero-order chi connectivity index (χ0) is 9.52. The molecule has 1 rings (SSSR count). The highest BCUT2D eigenvalue weighted by Gasteiger charge is 2.14. The van der Waals surface area contributed by atoms with Gasteiger partial charge in [0.05, 0.1) is 12.7 Å². The lowest BCUT2D eigenvalue weighted by Crippen LogP contribution is -2.28. The Bertz CT molecular complexity index is 124. The first-order chi connectivity index (χ1) is 6.33. The quantitative estimate of drug-likeness (QED) is 0.705. The first-order valence-electron chi connectivity index (χ1n) is 5.19. The van der Waals surface area contributed by atoms with Crippen LogP contribution in [0.15, 0.2) is 0 Å². The molecule has 3 nitrogen and oxygen atoms in total. The Morgan fingerprint density at radius 1 is 1.54 bits per heavy atom. The standard InChI is InChI=1S/C10H21NO2/c1-12-8-9(11)5-6-10-4-2-3-7-13-10/h9-10H,2-8,11H2,1H3. The number of methoxy groups -OCH3 is 1. The van der Waals surface area contributed by atoms with Crippen LogP contribution in [0.25, 0.3) is 0 Å². The zero-order valence-corrected chi connectivity index (χ0v) is 8.50. The maximum absolute atomic E-state index is 5.82. The molecular formula is C10H21NO2. The minimum Gasteiger partial charge on any atom is -0.383 e. The monoisotopic (exact) mass is 187 g/mol. The van der Waals surface area contributed by atoms with Crippen molar-refractivity contribution in [1.82, 2.24) is 0 Å². The van der Waals surface area contributed by atoms with Gasteiger partial charge in [0, 0.05) is 19.8 Å². The van der Waals surface area contributed by atoms with Crippen LogP contribution in [-0.2, 0) is 9.47 Å². The minimum absolute atomic E-state index is 0.176. The van der Waals surface area contributed by atoms with Gasteiger partial charge in [-0.3, -0.25) is 0 Å². The lowest BCUT2D eigenvalue weighted by molar-refractivity contribution is 0.00784. The van der Waals surface area contributed by atoms with Crippen LogP contribution in [0.1, 0.15) is 32.1 Å². The van der Waals surface area contributed by atoms with E-state index in [0.29, 0.717) is 12.7 Å². The smallest absolute Gasteiger partial charge is 0.0613 e. The van der Waals surface area contributed by atoms with E-state index in [1.807, 2.05) is 0 Å². The number of ether oxygens (including phenoxy) is 2. The van der Waals surface area contributed by atoms with Crippen LogP contribution in [-0.4, -0.2) is 32.5 Å². The second-order valence-electron chi connectivity index (χ2n) is 3.78. The molecule has 2 atom stereocenters. The van der Waals surface area contributed by atoms with Crippen molar-refractivity contribution in [3.8, 4) is 0 Å². The SMILES string of the molecule is COCC(N)CCC1CCCCO1. The Labute approximate surface area is 80.6 Å². The number of rotatable bonds is 5. The summed E-state index contributed by atoms with van der Waals surface area (Å²) in [6.45, 7) is 1.59. The van der Waals surface area contributed by atoms with Gasteiger partial charge >= 0.3 is 0 Å². The molecule has 0 saturated carbocycles. The minimum atomic E-state index is 0.176. The highest BCUT2D eigenvalue weighted by Crippen LogP contribution is 2.17. The summed E-state index contributed by atoms with van der Waals surface area (Å²) in [5.41, 5.74) is 5.82. The van der Waals surface area contributed by atoms with Crippen LogP contribution in [0.4, 0.5) is 0 Å². The summed E-state index contributed by atoms with van der Waals surface area (Å²) in [5, 5.41) is 0. The lowest BCUT2D eigenvalue weighted by Gasteiger charge is -2.23. The third-order valence-corrected chi connectivity index (χ3v) is 2.51. The third kappa shape index (κ3) is 4.60. The zero-order valence-electron chi connectivity index (χ0n) is 8.50. The molecule has 13 heavy (non-hydrogen) atoms. The van der Waals surface area contributed by atoms with Crippen molar-refractivity contribution in [2.24, 2.45) is 5.73 Å². The van der Waals surface area contributed by atoms with Gasteiger partial charge < -0.3 is 15.2 Å². The number of hydrogen-bond acceptors (Lipinski definition) is 3. The van der Waals surface area contributed by atoms with E-state index < -0.39 is 0 Å². The van der Waals surface area contributed by atoms with Crippen molar-refractivity contribution in [3.63, 3.8) is 0 Å². The molecule has 0 aromatic heterocycles. The van der Waals surface area contributed by atoms with E-state index in [1.165, 1.54) is 19.3 Å². The lowest BCUT2D eigenvalue weighted by atomic mass is 10.0. The first-order valence-corrected chi connectivity index (χ1v) is 5.19. The van der Waals surface area contributed by atoms with Gasteiger partial charge in [-0.05, 0) is 32.1 Å². The fourth-order valence-electron chi connectivity index (χ4n) is 1.73. The molecule has 0 radical (unpaired) electrons. The maximum atomic E-state index is 5.82. The summed E-state index contributed by atoms with van der Waals surface area (Å²) in [6.07, 6.45) is 6.30. The molecule has 0 aliphatic carbocycles. The summed E-state index contributed by atoms with van der Waals surface area (Å²) in [5.74, 6) is 0. The van der Waals surface area contributed by atoms with E-state index in [1.54, 1.807) is 7.11 Å². The van der Waals surface area contributed by atoms with E-state index >= 15 is 0 Å². The van der Waals surface area contributed by atoms with E-state index in [2.05, 4.69) is 0 Å². The Hall–Kier alpha value is -0.120. The molecule has 78 valence electrons. The van der Waals surface area contributed by atoms with Crippen molar-refractivity contribution >= 4 is 0 Å². The van der Waals surface area contributed by atoms with Gasteiger partial charge in [-0.25, -0.2) is 0 Å². The normalized spacial score (nSPS) is 25.8. The van der Waals surface area contributed by atoms with Gasteiger partial charge in [-0.1, -0.05) is 0 Å². The van der Waals surface area contributed by atoms with Crippen LogP contribution in [0, 0.1) is 0 Å². The predicted octanol–water partition coefficient (Wildman–Crippen LogP) is 1.31. The second-order valence-corrected chi connectivity index (χ2v) is 3.78. The highest BCUT2D eigenvalue weighted by atomic mass is 16.5. The van der Waals surface area contributed by atoms with Crippen molar-refractivity contribution in [1.29, 1.82) is 0 Å². The van der Waals surface area contributed by atoms with Crippen molar-refractivity contribution in [2.75, 3.05) is 20.3 Å². The Kier molecular flexibility index (Phi) is 5.35. The molecule has 1 aliphatic rings. The van der Waals surface area contributed by atoms with Gasteiger partial charge in [0.2, 0.25) is 0 Å². The van der Waals surface area contributed by atoms with Gasteiger partial charge in [0.25, 0.3) is 0 Å². The van der Waals surface area contributed by atoms with Crippen molar-refractivity contribution in [2.45, 2.75) is 44.2 Å². The van der Waals surface area contributed by atoms with E-state index in [4.69, 9.17) is 15.2 Å². The summed E-state index contributed by atoms with van der Waals surface area (Å²) in [6, 6.07) is 0.176. The summed E-state index contributed by atoms with van der Waals surface area (Å²) >= 11 is 0. The van der Waals surface area contributed by atoms with Crippen LogP contribution in [0.2, 0.25) is 0 Å². The third-order valence-electron chi connectivity index (χ3n) is 2.51. The topological polar surface area (TPSA) is 44.5 Å². The molecule has 0 spiro atoms. The Morgan fingerprint density at radius 2 is 2.38 bits per heavy atom. The van der Waals surface area contributed by atoms with Crippen LogP contribution in [0.3, 0.4) is 0 Å². The van der Waals surface area contributed by atoms with Gasteiger partial charge in [-0.2, -0.15) is 0 Å². The molecule has 0 bridgehead atoms. The van der Waals surface area contributed by atoms with E-state index in [9.17, 15) is 0 Å². The number of hydrogen-bond donors (Lipinski definition) is 1. The summed E-state index contributed by atoms with van der Waals surface area (Å²) < 4.78 is 10.6. The predicted molar refractivity (Wildman–Crippen MR) is 52.7 cm³/mol. The second kappa shape index (κ2) is 6.35. The fourth-order valence-corrected chi connectivity index (χ4v) is 1.73. The highest BCUT2D eigenvalue weighted by molar-refractivity contribution is 4.68. The van der Waals surface area contributed by atoms with Crippen molar-refractivity contribution < 1.29 is 9.47 Å². The molecule has 1 saturated heterocycles. The van der Waals surface area contributed by atoms with Crippen LogP contribution < -0.4 is 5.73 Å². The average molecular weight is 187 g/mol. The molecule has 1 heterocycles. The summed E-state index contributed by atoms with van der Waals surface area (Å²) in [7, 11) is 1.69. The van der Waals surface area contributed by atoms with Crippen LogP contribution >= 0.6 is 0 Å². The molecule has 1 aliphatic heterocycles. The maximum Gasteiger partial charge on any atom is 0.0613 e. The van der Waals surface area contributed by atoms with Gasteiger partial charge in [-0.15, -0.1) is 0 Å². The Balaban J connectivity index is 2.03. The molecule has 0 aromatic rings. The molecule has 0 aromatic carbocycles. The van der Waals surface area contributed by atoms with E-state index in [-0.39, 0.29) is 6.04 Å². The van der Waals surface area contributed by atoms with Crippen LogP contribution in [0.5, 0.6) is 0 Å². The van der Waals surface area contributed by atoms with E-state index in [0.717, 1.165) is 19.4 Å². The van der Waals surface area contributed by atoms with Gasteiger partial charge in [0.1, 0.15) is 0 Å². The molecule has 1 fully saturated rings. The largest absolute Gasteiger partial charge is 0.383 e. The first kappa shape index (κ1) is 11.0.